The van der Waals surface area contributed by atoms with E-state index in [1.807, 2.05) is 0 Å². The Morgan fingerprint density at radius 3 is 2.52 bits per heavy atom. The number of amides is 1. The zero-order valence-corrected chi connectivity index (χ0v) is 12.8. The minimum absolute atomic E-state index is 0.250. The van der Waals surface area contributed by atoms with Crippen LogP contribution in [0.3, 0.4) is 0 Å². The molecule has 114 valence electrons. The number of carboxylic acids is 2. The number of ether oxygens (including phenoxy) is 1. The summed E-state index contributed by atoms with van der Waals surface area (Å²) in [5.74, 6) is -3.28. The molecule has 7 nitrogen and oxygen atoms in total. The molecule has 0 unspecified atom stereocenters. The molecule has 9 heteroatoms. The van der Waals surface area contributed by atoms with Gasteiger partial charge in [0.15, 0.2) is 6.61 Å². The molecule has 0 saturated heterocycles. The van der Waals surface area contributed by atoms with Gasteiger partial charge in [-0.2, -0.15) is 0 Å². The van der Waals surface area contributed by atoms with E-state index in [0.717, 1.165) is 4.47 Å². The minimum Gasteiger partial charge on any atom is -0.482 e. The van der Waals surface area contributed by atoms with E-state index in [4.69, 9.17) is 26.6 Å². The summed E-state index contributed by atoms with van der Waals surface area (Å²) in [4.78, 5) is 32.8. The van der Waals surface area contributed by atoms with Gasteiger partial charge in [-0.1, -0.05) is 27.5 Å². The normalized spacial score (nSPS) is 11.5. The molecule has 1 atom stereocenters. The first-order valence-corrected chi connectivity index (χ1v) is 6.78. The molecule has 1 amide bonds. The number of carboxylic acid groups (broad SMARTS) is 2. The van der Waals surface area contributed by atoms with Crippen molar-refractivity contribution in [3.63, 3.8) is 0 Å². The number of carbonyl (C=O) groups is 3. The fourth-order valence-corrected chi connectivity index (χ4v) is 2.07. The van der Waals surface area contributed by atoms with Gasteiger partial charge < -0.3 is 20.3 Å². The largest absolute Gasteiger partial charge is 0.482 e. The van der Waals surface area contributed by atoms with Crippen molar-refractivity contribution in [3.05, 3.63) is 27.7 Å². The Bertz CT molecular complexity index is 565. The number of hydrogen-bond donors (Lipinski definition) is 3. The minimum atomic E-state index is -1.51. The van der Waals surface area contributed by atoms with Gasteiger partial charge in [0.25, 0.3) is 5.91 Å². The molecule has 0 heterocycles. The smallest absolute Gasteiger partial charge is 0.326 e. The highest BCUT2D eigenvalue weighted by Crippen LogP contribution is 2.27. The summed E-state index contributed by atoms with van der Waals surface area (Å²) in [7, 11) is 0. The number of halogens is 2. The van der Waals surface area contributed by atoms with Crippen LogP contribution < -0.4 is 10.1 Å². The second-order valence-corrected chi connectivity index (χ2v) is 5.24. The lowest BCUT2D eigenvalue weighted by Gasteiger charge is -2.13. The van der Waals surface area contributed by atoms with Crippen LogP contribution in [0, 0.1) is 0 Å². The third-order valence-electron chi connectivity index (χ3n) is 2.26. The van der Waals surface area contributed by atoms with Gasteiger partial charge in [0.05, 0.1) is 11.4 Å². The van der Waals surface area contributed by atoms with E-state index in [1.54, 1.807) is 12.1 Å². The summed E-state index contributed by atoms with van der Waals surface area (Å²) < 4.78 is 5.87. The summed E-state index contributed by atoms with van der Waals surface area (Å²) in [6, 6.07) is 3.24. The van der Waals surface area contributed by atoms with Crippen molar-refractivity contribution < 1.29 is 29.3 Å². The molecule has 1 aromatic rings. The molecule has 1 aromatic carbocycles. The highest BCUT2D eigenvalue weighted by Gasteiger charge is 2.23. The lowest BCUT2D eigenvalue weighted by Crippen LogP contribution is -2.44. The predicted octanol–water partition coefficient (Wildman–Crippen LogP) is 1.53. The summed E-state index contributed by atoms with van der Waals surface area (Å²) in [6.45, 7) is -0.481. The number of hydrogen-bond acceptors (Lipinski definition) is 4. The monoisotopic (exact) mass is 379 g/mol. The molecular weight excluding hydrogens is 369 g/mol. The number of rotatable bonds is 7. The zero-order valence-electron chi connectivity index (χ0n) is 10.5. The Labute approximate surface area is 133 Å². The first-order chi connectivity index (χ1) is 9.79. The van der Waals surface area contributed by atoms with Crippen LogP contribution in [0.1, 0.15) is 6.42 Å². The van der Waals surface area contributed by atoms with Crippen LogP contribution >= 0.6 is 27.5 Å². The highest BCUT2D eigenvalue weighted by atomic mass is 79.9. The number of benzene rings is 1. The van der Waals surface area contributed by atoms with Crippen molar-refractivity contribution in [1.29, 1.82) is 0 Å². The van der Waals surface area contributed by atoms with Crippen molar-refractivity contribution >= 4 is 45.4 Å². The Kier molecular flexibility index (Phi) is 6.44. The van der Waals surface area contributed by atoms with Gasteiger partial charge in [-0.15, -0.1) is 0 Å². The van der Waals surface area contributed by atoms with Crippen LogP contribution in [0.15, 0.2) is 22.7 Å². The van der Waals surface area contributed by atoms with Crippen LogP contribution in [-0.4, -0.2) is 40.7 Å². The molecule has 1 rings (SSSR count). The maximum atomic E-state index is 11.5. The van der Waals surface area contributed by atoms with Crippen molar-refractivity contribution in [2.45, 2.75) is 12.5 Å². The quantitative estimate of drug-likeness (QED) is 0.661. The highest BCUT2D eigenvalue weighted by molar-refractivity contribution is 9.10. The SMILES string of the molecule is O=C(O)C[C@@H](NC(=O)COc1ccc(Br)cc1Cl)C(=O)O. The first-order valence-electron chi connectivity index (χ1n) is 5.61. The summed E-state index contributed by atoms with van der Waals surface area (Å²) in [6.07, 6.45) is -0.722. The molecule has 3 N–H and O–H groups in total. The van der Waals surface area contributed by atoms with Gasteiger partial charge >= 0.3 is 11.9 Å². The van der Waals surface area contributed by atoms with Crippen molar-refractivity contribution in [2.24, 2.45) is 0 Å². The topological polar surface area (TPSA) is 113 Å². The molecule has 0 radical (unpaired) electrons. The van der Waals surface area contributed by atoms with Gasteiger partial charge in [0, 0.05) is 4.47 Å². The molecule has 21 heavy (non-hydrogen) atoms. The second kappa shape index (κ2) is 7.84. The number of carbonyl (C=O) groups excluding carboxylic acids is 1. The number of aliphatic carboxylic acids is 2. The van der Waals surface area contributed by atoms with Crippen LogP contribution in [-0.2, 0) is 14.4 Å². The van der Waals surface area contributed by atoms with E-state index in [0.29, 0.717) is 0 Å². The van der Waals surface area contributed by atoms with Gasteiger partial charge in [0.2, 0.25) is 0 Å². The van der Waals surface area contributed by atoms with E-state index in [1.165, 1.54) is 6.07 Å². The fraction of sp³-hybridized carbons (Fsp3) is 0.250. The fourth-order valence-electron chi connectivity index (χ4n) is 1.35. The average molecular weight is 381 g/mol. The molecular formula is C12H11BrClNO6. The lowest BCUT2D eigenvalue weighted by atomic mass is 10.2. The molecule has 0 aromatic heterocycles. The van der Waals surface area contributed by atoms with Crippen molar-refractivity contribution in [2.75, 3.05) is 6.61 Å². The average Bonchev–Trinajstić information content (AvgIpc) is 2.36. The predicted molar refractivity (Wildman–Crippen MR) is 76.5 cm³/mol. The maximum Gasteiger partial charge on any atom is 0.326 e. The Morgan fingerprint density at radius 1 is 1.33 bits per heavy atom. The molecule has 0 aliphatic heterocycles. The molecule has 0 fully saturated rings. The van der Waals surface area contributed by atoms with Gasteiger partial charge in [-0.25, -0.2) is 4.79 Å². The van der Waals surface area contributed by atoms with E-state index in [2.05, 4.69) is 21.2 Å². The third-order valence-corrected chi connectivity index (χ3v) is 3.05. The van der Waals surface area contributed by atoms with E-state index < -0.39 is 36.9 Å². The molecule has 0 aliphatic carbocycles. The van der Waals surface area contributed by atoms with E-state index >= 15 is 0 Å². The van der Waals surface area contributed by atoms with Crippen LogP contribution in [0.2, 0.25) is 5.02 Å². The maximum absolute atomic E-state index is 11.5. The summed E-state index contributed by atoms with van der Waals surface area (Å²) in [5.41, 5.74) is 0. The van der Waals surface area contributed by atoms with Crippen LogP contribution in [0.25, 0.3) is 0 Å². The van der Waals surface area contributed by atoms with E-state index in [-0.39, 0.29) is 10.8 Å². The van der Waals surface area contributed by atoms with Crippen molar-refractivity contribution in [3.8, 4) is 5.75 Å². The van der Waals surface area contributed by atoms with Gasteiger partial charge in [0.1, 0.15) is 11.8 Å². The molecule has 0 saturated carbocycles. The van der Waals surface area contributed by atoms with Gasteiger partial charge in [-0.05, 0) is 18.2 Å². The zero-order chi connectivity index (χ0) is 16.0. The number of nitrogens with one attached hydrogen (secondary N) is 1. The van der Waals surface area contributed by atoms with Crippen LogP contribution in [0.4, 0.5) is 0 Å². The molecule has 0 bridgehead atoms. The summed E-state index contributed by atoms with van der Waals surface area (Å²) in [5, 5.41) is 19.7. The van der Waals surface area contributed by atoms with Gasteiger partial charge in [-0.3, -0.25) is 9.59 Å². The Morgan fingerprint density at radius 2 is 2.00 bits per heavy atom. The van der Waals surface area contributed by atoms with Crippen molar-refractivity contribution in [1.82, 2.24) is 5.32 Å². The van der Waals surface area contributed by atoms with E-state index in [9.17, 15) is 14.4 Å². The molecule has 0 spiro atoms. The standard InChI is InChI=1S/C12H11BrClNO6/c13-6-1-2-9(7(14)3-6)21-5-10(16)15-8(12(19)20)4-11(17)18/h1-3,8H,4-5H2,(H,15,16)(H,17,18)(H,19,20)/t8-/m1/s1. The molecule has 0 aliphatic rings. The lowest BCUT2D eigenvalue weighted by molar-refractivity contribution is -0.147. The summed E-state index contributed by atoms with van der Waals surface area (Å²) >= 11 is 9.09. The van der Waals surface area contributed by atoms with Crippen LogP contribution in [0.5, 0.6) is 5.75 Å². The Balaban J connectivity index is 2.56. The third kappa shape index (κ3) is 6.01. The Hall–Kier alpha value is -1.80. The first kappa shape index (κ1) is 17.3. The second-order valence-electron chi connectivity index (χ2n) is 3.92.